The molecule has 8 rings (SSSR count). The number of methoxy groups -OCH3 is 3. The molecule has 0 aromatic heterocycles. The maximum Gasteiger partial charge on any atom is 0.327 e. The number of esters is 3. The van der Waals surface area contributed by atoms with Gasteiger partial charge in [-0.05, 0) is 46.4 Å². The number of ether oxygens (including phenoxy) is 4. The van der Waals surface area contributed by atoms with Crippen molar-refractivity contribution in [2.75, 3.05) is 21.3 Å². The van der Waals surface area contributed by atoms with Crippen LogP contribution in [0.2, 0.25) is 0 Å². The molecule has 2 aromatic carbocycles. The van der Waals surface area contributed by atoms with Crippen LogP contribution in [0, 0.1) is 23.7 Å². The zero-order valence-corrected chi connectivity index (χ0v) is 21.4. The van der Waals surface area contributed by atoms with E-state index in [1.54, 1.807) is 0 Å². The second-order valence-corrected chi connectivity index (χ2v) is 11.6. The van der Waals surface area contributed by atoms with Crippen LogP contribution in [0.15, 0.2) is 48.5 Å². The van der Waals surface area contributed by atoms with E-state index in [9.17, 15) is 14.4 Å². The maximum atomic E-state index is 14.4. The van der Waals surface area contributed by atoms with E-state index in [-0.39, 0.29) is 47.7 Å². The quantitative estimate of drug-likeness (QED) is 0.455. The predicted molar refractivity (Wildman–Crippen MR) is 132 cm³/mol. The van der Waals surface area contributed by atoms with E-state index in [4.69, 9.17) is 18.9 Å². The Balaban J connectivity index is 1.42. The van der Waals surface area contributed by atoms with E-state index in [2.05, 4.69) is 18.2 Å². The van der Waals surface area contributed by atoms with Crippen molar-refractivity contribution in [2.45, 2.75) is 48.1 Å². The summed E-state index contributed by atoms with van der Waals surface area (Å²) in [4.78, 5) is 43.7. The van der Waals surface area contributed by atoms with E-state index in [1.807, 2.05) is 35.2 Å². The average molecular weight is 516 g/mol. The summed E-state index contributed by atoms with van der Waals surface area (Å²) in [6, 6.07) is 14.8. The predicted octanol–water partition coefficient (Wildman–Crippen LogP) is 2.89. The molecule has 8 heteroatoms. The third kappa shape index (κ3) is 2.27. The summed E-state index contributed by atoms with van der Waals surface area (Å²) >= 11 is 0. The summed E-state index contributed by atoms with van der Waals surface area (Å²) in [5, 5.41) is 0. The standard InChI is InChI=1S/C30H29NO7/c1-35-27(32)23-19-17-12-18(14-9-5-4-8-13(14)17)21(19)30(29(34)37-3)22-20(24(31(23)30)28(33)36-2)25-15-10-6-7-11-16(15)26(22)38-25/h4-11,17-26H,12H2,1-3H3. The van der Waals surface area contributed by atoms with Gasteiger partial charge in [0.15, 0.2) is 0 Å². The van der Waals surface area contributed by atoms with Gasteiger partial charge in [-0.3, -0.25) is 19.3 Å². The monoisotopic (exact) mass is 515 g/mol. The fourth-order valence-corrected chi connectivity index (χ4v) is 10.0. The van der Waals surface area contributed by atoms with Crippen LogP contribution in [0.3, 0.4) is 0 Å². The van der Waals surface area contributed by atoms with E-state index >= 15 is 0 Å². The van der Waals surface area contributed by atoms with Crippen molar-refractivity contribution in [2.24, 2.45) is 23.7 Å². The second-order valence-electron chi connectivity index (χ2n) is 11.6. The Morgan fingerprint density at radius 2 is 1.29 bits per heavy atom. The molecule has 0 amide bonds. The van der Waals surface area contributed by atoms with Gasteiger partial charge >= 0.3 is 17.9 Å². The highest BCUT2D eigenvalue weighted by Crippen LogP contribution is 2.77. The van der Waals surface area contributed by atoms with Crippen molar-refractivity contribution in [3.05, 3.63) is 70.8 Å². The fraction of sp³-hybridized carbons (Fsp3) is 0.500. The SMILES string of the molecule is COC(=O)C1C2C3CC(c4ccccc43)C2C2(C(=O)OC)C3C4OC(c5ccccc54)C3C(C(=O)OC)N12. The molecule has 2 aromatic rings. The number of fused-ring (bicyclic) bond motifs is 19. The molecule has 196 valence electrons. The highest BCUT2D eigenvalue weighted by atomic mass is 16.5. The summed E-state index contributed by atoms with van der Waals surface area (Å²) in [5.74, 6) is -2.28. The van der Waals surface area contributed by atoms with Crippen LogP contribution >= 0.6 is 0 Å². The van der Waals surface area contributed by atoms with Crippen LogP contribution in [0.25, 0.3) is 0 Å². The van der Waals surface area contributed by atoms with Crippen molar-refractivity contribution in [3.8, 4) is 0 Å². The van der Waals surface area contributed by atoms with Gasteiger partial charge in [0, 0.05) is 17.8 Å². The Kier molecular flexibility index (Phi) is 4.46. The lowest BCUT2D eigenvalue weighted by Crippen LogP contribution is -2.61. The minimum Gasteiger partial charge on any atom is -0.468 e. The molecule has 4 aliphatic heterocycles. The lowest BCUT2D eigenvalue weighted by atomic mass is 9.59. The van der Waals surface area contributed by atoms with Gasteiger partial charge in [-0.1, -0.05) is 48.5 Å². The van der Waals surface area contributed by atoms with Gasteiger partial charge in [-0.15, -0.1) is 0 Å². The Morgan fingerprint density at radius 1 is 0.737 bits per heavy atom. The molecule has 38 heavy (non-hydrogen) atoms. The van der Waals surface area contributed by atoms with Gasteiger partial charge in [0.25, 0.3) is 0 Å². The van der Waals surface area contributed by atoms with E-state index in [0.29, 0.717) is 0 Å². The van der Waals surface area contributed by atoms with Crippen LogP contribution in [0.1, 0.15) is 52.7 Å². The molecule has 3 saturated heterocycles. The summed E-state index contributed by atoms with van der Waals surface area (Å²) in [6.45, 7) is 0. The lowest BCUT2D eigenvalue weighted by Gasteiger charge is -2.43. The third-order valence-corrected chi connectivity index (χ3v) is 10.8. The van der Waals surface area contributed by atoms with E-state index < -0.39 is 35.5 Å². The first-order chi connectivity index (χ1) is 18.5. The molecule has 8 nitrogen and oxygen atoms in total. The normalized spacial score (nSPS) is 42.2. The van der Waals surface area contributed by atoms with E-state index in [0.717, 1.165) is 17.5 Å². The van der Waals surface area contributed by atoms with Gasteiger partial charge < -0.3 is 18.9 Å². The van der Waals surface area contributed by atoms with Crippen molar-refractivity contribution in [3.63, 3.8) is 0 Å². The molecule has 4 bridgehead atoms. The second kappa shape index (κ2) is 7.45. The van der Waals surface area contributed by atoms with Crippen molar-refractivity contribution >= 4 is 17.9 Å². The first kappa shape index (κ1) is 22.7. The molecule has 0 spiro atoms. The zero-order chi connectivity index (χ0) is 26.1. The largest absolute Gasteiger partial charge is 0.468 e. The molecule has 1 saturated carbocycles. The number of benzene rings is 2. The molecular weight excluding hydrogens is 486 g/mol. The highest BCUT2D eigenvalue weighted by Gasteiger charge is 2.85. The Morgan fingerprint density at radius 3 is 1.89 bits per heavy atom. The van der Waals surface area contributed by atoms with Crippen molar-refractivity contribution < 1.29 is 33.3 Å². The Labute approximate surface area is 220 Å². The molecule has 4 fully saturated rings. The lowest BCUT2D eigenvalue weighted by molar-refractivity contribution is -0.168. The summed E-state index contributed by atoms with van der Waals surface area (Å²) in [7, 11) is 4.14. The number of hydrogen-bond donors (Lipinski definition) is 0. The van der Waals surface area contributed by atoms with Crippen LogP contribution in [-0.4, -0.2) is 61.8 Å². The van der Waals surface area contributed by atoms with Crippen LogP contribution in [0.5, 0.6) is 0 Å². The Bertz CT molecular complexity index is 1310. The van der Waals surface area contributed by atoms with Crippen molar-refractivity contribution in [1.29, 1.82) is 0 Å². The number of hydrogen-bond acceptors (Lipinski definition) is 8. The third-order valence-electron chi connectivity index (χ3n) is 10.8. The number of carbonyl (C=O) groups is 3. The van der Waals surface area contributed by atoms with Crippen LogP contribution in [0.4, 0.5) is 0 Å². The van der Waals surface area contributed by atoms with Gasteiger partial charge in [0.1, 0.15) is 17.6 Å². The molecule has 0 N–H and O–H groups in total. The highest BCUT2D eigenvalue weighted by molar-refractivity contribution is 5.92. The van der Waals surface area contributed by atoms with Crippen molar-refractivity contribution in [1.82, 2.24) is 4.90 Å². The molecule has 4 heterocycles. The molecule has 11 atom stereocenters. The maximum absolute atomic E-state index is 14.4. The number of carbonyl (C=O) groups excluding carboxylic acids is 3. The summed E-state index contributed by atoms with van der Waals surface area (Å²) in [5.41, 5.74) is 3.32. The molecule has 6 aliphatic rings. The first-order valence-corrected chi connectivity index (χ1v) is 13.4. The number of nitrogens with zero attached hydrogens (tertiary/aromatic N) is 1. The topological polar surface area (TPSA) is 91.4 Å². The van der Waals surface area contributed by atoms with E-state index in [1.165, 1.54) is 32.5 Å². The van der Waals surface area contributed by atoms with Gasteiger partial charge in [-0.25, -0.2) is 0 Å². The van der Waals surface area contributed by atoms with Crippen LogP contribution in [-0.2, 0) is 33.3 Å². The van der Waals surface area contributed by atoms with Gasteiger partial charge in [0.2, 0.25) is 0 Å². The first-order valence-electron chi connectivity index (χ1n) is 13.4. The fourth-order valence-electron chi connectivity index (χ4n) is 10.0. The molecule has 11 unspecified atom stereocenters. The average Bonchev–Trinajstić information content (AvgIpc) is 3.77. The zero-order valence-electron chi connectivity index (χ0n) is 21.4. The van der Waals surface area contributed by atoms with Crippen LogP contribution < -0.4 is 0 Å². The molecular formula is C30H29NO7. The Hall–Kier alpha value is -3.23. The minimum absolute atomic E-state index is 0.0591. The van der Waals surface area contributed by atoms with Gasteiger partial charge in [0.05, 0.1) is 33.5 Å². The smallest absolute Gasteiger partial charge is 0.327 e. The molecule has 2 aliphatic carbocycles. The molecule has 0 radical (unpaired) electrons. The summed E-state index contributed by atoms with van der Waals surface area (Å²) < 4.78 is 23.0. The minimum atomic E-state index is -1.23. The summed E-state index contributed by atoms with van der Waals surface area (Å²) in [6.07, 6.45) is 0.101. The van der Waals surface area contributed by atoms with Gasteiger partial charge in [-0.2, -0.15) is 0 Å². The number of rotatable bonds is 3.